The van der Waals surface area contributed by atoms with Crippen LogP contribution in [0, 0.1) is 10.1 Å². The first kappa shape index (κ1) is 14.0. The van der Waals surface area contributed by atoms with E-state index in [2.05, 4.69) is 20.9 Å². The van der Waals surface area contributed by atoms with Crippen molar-refractivity contribution in [2.45, 2.75) is 19.3 Å². The first-order valence-electron chi connectivity index (χ1n) is 6.32. The summed E-state index contributed by atoms with van der Waals surface area (Å²) >= 11 is 3.41. The van der Waals surface area contributed by atoms with E-state index in [9.17, 15) is 10.1 Å². The predicted molar refractivity (Wildman–Crippen MR) is 77.1 cm³/mol. The van der Waals surface area contributed by atoms with Crippen LogP contribution in [0.5, 0.6) is 6.01 Å². The molecule has 1 aromatic carbocycles. The molecule has 8 heteroatoms. The number of rotatable bonds is 4. The summed E-state index contributed by atoms with van der Waals surface area (Å²) in [4.78, 5) is 13.9. The van der Waals surface area contributed by atoms with Crippen molar-refractivity contribution in [3.8, 4) is 6.01 Å². The van der Waals surface area contributed by atoms with Crippen LogP contribution < -0.4 is 4.74 Å². The summed E-state index contributed by atoms with van der Waals surface area (Å²) in [5, 5.41) is 10.7. The number of nitro groups is 1. The van der Waals surface area contributed by atoms with Crippen LogP contribution in [0.1, 0.15) is 5.56 Å². The Morgan fingerprint density at radius 3 is 3.19 bits per heavy atom. The summed E-state index contributed by atoms with van der Waals surface area (Å²) in [7, 11) is 0. The maximum atomic E-state index is 10.7. The number of nitrogens with zero attached hydrogens (tertiary/aromatic N) is 3. The van der Waals surface area contributed by atoms with Gasteiger partial charge in [0.1, 0.15) is 18.9 Å². The lowest BCUT2D eigenvalue weighted by Crippen LogP contribution is -2.32. The molecule has 0 saturated carbocycles. The van der Waals surface area contributed by atoms with Crippen LogP contribution in [0.2, 0.25) is 0 Å². The van der Waals surface area contributed by atoms with Crippen molar-refractivity contribution in [3.63, 3.8) is 0 Å². The molecule has 0 saturated heterocycles. The van der Waals surface area contributed by atoms with Gasteiger partial charge in [-0.25, -0.2) is 0 Å². The Bertz CT molecular complexity index is 673. The van der Waals surface area contributed by atoms with Crippen LogP contribution in [-0.2, 0) is 17.9 Å². The molecule has 0 unspecified atom stereocenters. The highest BCUT2D eigenvalue weighted by Crippen LogP contribution is 2.23. The molecule has 1 atom stereocenters. The van der Waals surface area contributed by atoms with E-state index in [0.29, 0.717) is 19.8 Å². The number of hydrogen-bond acceptors (Lipinski definition) is 5. The molecule has 0 amide bonds. The van der Waals surface area contributed by atoms with E-state index in [1.54, 1.807) is 4.57 Å². The van der Waals surface area contributed by atoms with Crippen LogP contribution in [0.4, 0.5) is 5.82 Å². The average molecular weight is 354 g/mol. The number of hydrogen-bond donors (Lipinski definition) is 0. The van der Waals surface area contributed by atoms with Crippen LogP contribution in [0.3, 0.4) is 0 Å². The van der Waals surface area contributed by atoms with Crippen molar-refractivity contribution in [2.75, 3.05) is 6.61 Å². The van der Waals surface area contributed by atoms with E-state index >= 15 is 0 Å². The van der Waals surface area contributed by atoms with E-state index < -0.39 is 4.92 Å². The molecule has 110 valence electrons. The largest absolute Gasteiger partial charge is 0.443 e. The highest BCUT2D eigenvalue weighted by Gasteiger charge is 2.28. The Hall–Kier alpha value is -1.93. The van der Waals surface area contributed by atoms with Crippen molar-refractivity contribution in [1.82, 2.24) is 9.55 Å². The van der Waals surface area contributed by atoms with Gasteiger partial charge in [-0.2, -0.15) is 0 Å². The van der Waals surface area contributed by atoms with Crippen molar-refractivity contribution in [2.24, 2.45) is 0 Å². The van der Waals surface area contributed by atoms with Gasteiger partial charge in [-0.15, -0.1) is 0 Å². The van der Waals surface area contributed by atoms with Gasteiger partial charge in [0, 0.05) is 9.46 Å². The van der Waals surface area contributed by atoms with Crippen LogP contribution in [-0.4, -0.2) is 27.2 Å². The Kier molecular flexibility index (Phi) is 3.89. The minimum absolute atomic E-state index is 0.162. The van der Waals surface area contributed by atoms with Crippen LogP contribution in [0.25, 0.3) is 0 Å². The van der Waals surface area contributed by atoms with E-state index in [1.807, 2.05) is 24.3 Å². The molecular formula is C13H12BrN3O4. The highest BCUT2D eigenvalue weighted by atomic mass is 79.9. The van der Waals surface area contributed by atoms with Gasteiger partial charge in [-0.3, -0.25) is 4.57 Å². The zero-order valence-electron chi connectivity index (χ0n) is 10.9. The van der Waals surface area contributed by atoms with Gasteiger partial charge in [0.15, 0.2) is 0 Å². The average Bonchev–Trinajstić information content (AvgIpc) is 2.88. The summed E-state index contributed by atoms with van der Waals surface area (Å²) in [6, 6.07) is 8.12. The Balaban J connectivity index is 1.62. The lowest BCUT2D eigenvalue weighted by Gasteiger charge is -2.22. The molecule has 0 spiro atoms. The molecule has 21 heavy (non-hydrogen) atoms. The van der Waals surface area contributed by atoms with E-state index in [1.165, 1.54) is 6.20 Å². The fraction of sp³-hybridized carbons (Fsp3) is 0.308. The number of aromatic nitrogens is 2. The van der Waals surface area contributed by atoms with Gasteiger partial charge in [-0.05, 0) is 22.6 Å². The van der Waals surface area contributed by atoms with Crippen LogP contribution in [0.15, 0.2) is 34.9 Å². The molecule has 2 heterocycles. The van der Waals surface area contributed by atoms with Crippen molar-refractivity contribution < 1.29 is 14.4 Å². The quantitative estimate of drug-likeness (QED) is 0.623. The smallest absolute Gasteiger partial charge is 0.414 e. The lowest BCUT2D eigenvalue weighted by atomic mass is 10.2. The number of benzene rings is 1. The molecule has 0 fully saturated rings. The third-order valence-electron chi connectivity index (χ3n) is 3.09. The monoisotopic (exact) mass is 353 g/mol. The summed E-state index contributed by atoms with van der Waals surface area (Å²) < 4.78 is 13.8. The molecule has 1 aliphatic rings. The predicted octanol–water partition coefficient (Wildman–Crippen LogP) is 2.53. The van der Waals surface area contributed by atoms with Gasteiger partial charge in [0.05, 0.1) is 13.2 Å². The molecular weight excluding hydrogens is 342 g/mol. The zero-order valence-corrected chi connectivity index (χ0v) is 12.5. The third kappa shape index (κ3) is 3.22. The van der Waals surface area contributed by atoms with Gasteiger partial charge in [-0.1, -0.05) is 28.1 Å². The summed E-state index contributed by atoms with van der Waals surface area (Å²) in [6.07, 6.45) is 1.20. The molecule has 0 aliphatic carbocycles. The Morgan fingerprint density at radius 2 is 2.43 bits per heavy atom. The SMILES string of the molecule is O=[N+]([O-])c1cn2c(n1)OC[C@@H](OCc1cccc(Br)c1)C2. The molecule has 1 aromatic heterocycles. The fourth-order valence-corrected chi connectivity index (χ4v) is 2.55. The molecule has 0 N–H and O–H groups in total. The maximum absolute atomic E-state index is 10.7. The van der Waals surface area contributed by atoms with E-state index in [4.69, 9.17) is 9.47 Å². The summed E-state index contributed by atoms with van der Waals surface area (Å²) in [5.41, 5.74) is 1.05. The van der Waals surface area contributed by atoms with Gasteiger partial charge < -0.3 is 19.6 Å². The molecule has 0 radical (unpaired) electrons. The molecule has 1 aliphatic heterocycles. The molecule has 2 aromatic rings. The zero-order chi connectivity index (χ0) is 14.8. The lowest BCUT2D eigenvalue weighted by molar-refractivity contribution is -0.389. The third-order valence-corrected chi connectivity index (χ3v) is 3.58. The van der Waals surface area contributed by atoms with E-state index in [0.717, 1.165) is 10.0 Å². The van der Waals surface area contributed by atoms with Crippen molar-refractivity contribution in [1.29, 1.82) is 0 Å². The first-order chi connectivity index (χ1) is 10.1. The first-order valence-corrected chi connectivity index (χ1v) is 7.11. The van der Waals surface area contributed by atoms with E-state index in [-0.39, 0.29) is 17.9 Å². The maximum Gasteiger partial charge on any atom is 0.414 e. The number of fused-ring (bicyclic) bond motifs is 1. The minimum atomic E-state index is -0.536. The van der Waals surface area contributed by atoms with Gasteiger partial charge >= 0.3 is 11.8 Å². The fourth-order valence-electron chi connectivity index (χ4n) is 2.10. The number of ether oxygens (including phenoxy) is 2. The highest BCUT2D eigenvalue weighted by molar-refractivity contribution is 9.10. The second-order valence-electron chi connectivity index (χ2n) is 4.67. The van der Waals surface area contributed by atoms with Crippen molar-refractivity contribution >= 4 is 21.7 Å². The molecule has 0 bridgehead atoms. The minimum Gasteiger partial charge on any atom is -0.443 e. The second-order valence-corrected chi connectivity index (χ2v) is 5.58. The van der Waals surface area contributed by atoms with Gasteiger partial charge in [0.25, 0.3) is 0 Å². The topological polar surface area (TPSA) is 79.4 Å². The number of halogens is 1. The Morgan fingerprint density at radius 1 is 1.57 bits per heavy atom. The van der Waals surface area contributed by atoms with Crippen LogP contribution >= 0.6 is 15.9 Å². The molecule has 7 nitrogen and oxygen atoms in total. The van der Waals surface area contributed by atoms with Crippen molar-refractivity contribution in [3.05, 3.63) is 50.6 Å². The van der Waals surface area contributed by atoms with Gasteiger partial charge in [0.2, 0.25) is 0 Å². The molecule has 3 rings (SSSR count). The second kappa shape index (κ2) is 5.82. The summed E-state index contributed by atoms with van der Waals surface area (Å²) in [6.45, 7) is 1.28. The summed E-state index contributed by atoms with van der Waals surface area (Å²) in [5.74, 6) is -0.211. The normalized spacial score (nSPS) is 17.1. The number of imidazole rings is 1. The standard InChI is InChI=1S/C13H12BrN3O4/c14-10-3-1-2-9(4-10)7-20-11-5-16-6-12(17(18)19)15-13(16)21-8-11/h1-4,6,11H,5,7-8H2/t11-/m0/s1. The Labute approximate surface area is 128 Å².